The highest BCUT2D eigenvalue weighted by Gasteiger charge is 2.48. The lowest BCUT2D eigenvalue weighted by Gasteiger charge is -2.35. The number of carbonyl (C=O) groups is 1. The van der Waals surface area contributed by atoms with Crippen LogP contribution in [0.1, 0.15) is 32.8 Å². The molecular formula is C17H25NO2S3. The van der Waals surface area contributed by atoms with Gasteiger partial charge >= 0.3 is 0 Å². The van der Waals surface area contributed by atoms with Gasteiger partial charge in [-0.1, -0.05) is 31.5 Å². The zero-order chi connectivity index (χ0) is 17.0. The highest BCUT2D eigenvalue weighted by Crippen LogP contribution is 2.48. The molecule has 2 unspecified atom stereocenters. The monoisotopic (exact) mass is 371 g/mol. The highest BCUT2D eigenvalue weighted by molar-refractivity contribution is 8.22. The van der Waals surface area contributed by atoms with Gasteiger partial charge in [0.15, 0.2) is 5.78 Å². The zero-order valence-electron chi connectivity index (χ0n) is 14.1. The van der Waals surface area contributed by atoms with Crippen LogP contribution in [0.3, 0.4) is 0 Å². The molecule has 1 N–H and O–H groups in total. The van der Waals surface area contributed by atoms with Gasteiger partial charge in [0.1, 0.15) is 15.1 Å². The summed E-state index contributed by atoms with van der Waals surface area (Å²) in [4.78, 5) is 13.1. The summed E-state index contributed by atoms with van der Waals surface area (Å²) in [5.74, 6) is 2.54. The van der Waals surface area contributed by atoms with Crippen LogP contribution in [0.15, 0.2) is 29.2 Å². The van der Waals surface area contributed by atoms with Crippen molar-refractivity contribution < 1.29 is 9.00 Å². The topological polar surface area (TPSA) is 46.2 Å². The molecule has 0 saturated carbocycles. The van der Waals surface area contributed by atoms with Gasteiger partial charge in [-0.3, -0.25) is 4.79 Å². The molecule has 0 amide bonds. The summed E-state index contributed by atoms with van der Waals surface area (Å²) < 4.78 is 15.5. The summed E-state index contributed by atoms with van der Waals surface area (Å²) in [5.41, 5.74) is 1.14. The average molecular weight is 372 g/mol. The van der Waals surface area contributed by atoms with Gasteiger partial charge in [-0.05, 0) is 38.3 Å². The van der Waals surface area contributed by atoms with Crippen molar-refractivity contribution >= 4 is 40.3 Å². The third kappa shape index (κ3) is 4.62. The van der Waals surface area contributed by atoms with E-state index in [1.54, 1.807) is 30.4 Å². The Balaban J connectivity index is 2.23. The van der Waals surface area contributed by atoms with E-state index in [0.29, 0.717) is 5.92 Å². The minimum absolute atomic E-state index is 0.0976. The lowest BCUT2D eigenvalue weighted by molar-refractivity contribution is -0.117. The highest BCUT2D eigenvalue weighted by atomic mass is 32.2. The second-order valence-corrected chi connectivity index (χ2v) is 10.5. The van der Waals surface area contributed by atoms with Crippen molar-refractivity contribution in [1.29, 1.82) is 0 Å². The molecule has 1 fully saturated rings. The van der Waals surface area contributed by atoms with Crippen LogP contribution in [0.4, 0.5) is 0 Å². The number of aryl methyl sites for hydroxylation is 1. The molecule has 0 aromatic heterocycles. The molecule has 3 nitrogen and oxygen atoms in total. The van der Waals surface area contributed by atoms with Gasteiger partial charge in [0.05, 0.1) is 10.9 Å². The Labute approximate surface area is 150 Å². The summed E-state index contributed by atoms with van der Waals surface area (Å²) in [6.07, 6.45) is 0.831. The number of rotatable bonds is 7. The third-order valence-corrected chi connectivity index (χ3v) is 8.84. The van der Waals surface area contributed by atoms with Gasteiger partial charge in [0.25, 0.3) is 0 Å². The van der Waals surface area contributed by atoms with E-state index in [0.717, 1.165) is 28.4 Å². The molecule has 1 aliphatic heterocycles. The van der Waals surface area contributed by atoms with Gasteiger partial charge in [-0.25, -0.2) is 8.93 Å². The third-order valence-electron chi connectivity index (χ3n) is 3.86. The van der Waals surface area contributed by atoms with Crippen LogP contribution in [0.25, 0.3) is 0 Å². The van der Waals surface area contributed by atoms with Gasteiger partial charge in [-0.2, -0.15) is 0 Å². The van der Waals surface area contributed by atoms with Crippen molar-refractivity contribution in [2.24, 2.45) is 5.92 Å². The Bertz CT molecular complexity index is 566. The molecule has 0 bridgehead atoms. The van der Waals surface area contributed by atoms with Crippen LogP contribution >= 0.6 is 23.5 Å². The van der Waals surface area contributed by atoms with Crippen molar-refractivity contribution in [1.82, 2.24) is 4.72 Å². The Kier molecular flexibility index (Phi) is 6.77. The first-order valence-electron chi connectivity index (χ1n) is 7.88. The Hall–Kier alpha value is -0.300. The summed E-state index contributed by atoms with van der Waals surface area (Å²) in [5, 5.41) is 0. The number of Topliss-reactive ketones (excluding diaryl/α,β-unsaturated/α-hetero) is 1. The first-order valence-corrected chi connectivity index (χ1v) is 11.0. The molecule has 1 saturated heterocycles. The average Bonchev–Trinajstić information content (AvgIpc) is 2.97. The van der Waals surface area contributed by atoms with Crippen molar-refractivity contribution in [3.8, 4) is 0 Å². The molecule has 2 rings (SSSR count). The molecule has 0 radical (unpaired) electrons. The number of thioether (sulfide) groups is 2. The maximum atomic E-state index is 12.7. The van der Waals surface area contributed by atoms with Crippen LogP contribution in [-0.2, 0) is 15.8 Å². The fourth-order valence-corrected chi connectivity index (χ4v) is 7.12. The van der Waals surface area contributed by atoms with E-state index >= 15 is 0 Å². The van der Waals surface area contributed by atoms with E-state index in [-0.39, 0.29) is 11.8 Å². The normalized spacial score (nSPS) is 19.7. The number of benzene rings is 1. The molecular weight excluding hydrogens is 346 g/mol. The van der Waals surface area contributed by atoms with Crippen LogP contribution in [0.2, 0.25) is 0 Å². The van der Waals surface area contributed by atoms with Crippen molar-refractivity contribution in [2.45, 2.75) is 49.1 Å². The van der Waals surface area contributed by atoms with Gasteiger partial charge in [0, 0.05) is 11.5 Å². The quantitative estimate of drug-likeness (QED) is 0.792. The standard InChI is InChI=1S/C17H25NO2S3/c1-12(2)11-16(17(14(4)19)21-9-10-22-17)18-23(20)15-7-5-13(3)6-8-15/h5-8,12,16,18H,9-11H2,1-4H3. The predicted molar refractivity (Wildman–Crippen MR) is 102 cm³/mol. The maximum absolute atomic E-state index is 12.7. The van der Waals surface area contributed by atoms with E-state index < -0.39 is 15.1 Å². The van der Waals surface area contributed by atoms with Gasteiger partial charge < -0.3 is 0 Å². The number of hydrogen-bond acceptors (Lipinski definition) is 4. The van der Waals surface area contributed by atoms with Crippen molar-refractivity contribution in [3.63, 3.8) is 0 Å². The summed E-state index contributed by atoms with van der Waals surface area (Å²) in [6, 6.07) is 7.61. The Morgan fingerprint density at radius 2 is 1.83 bits per heavy atom. The molecule has 2 atom stereocenters. The van der Waals surface area contributed by atoms with E-state index in [1.807, 2.05) is 31.2 Å². The largest absolute Gasteiger partial charge is 0.297 e. The molecule has 1 aromatic carbocycles. The first kappa shape index (κ1) is 19.0. The lowest BCUT2D eigenvalue weighted by atomic mass is 9.99. The number of nitrogens with one attached hydrogen (secondary N) is 1. The number of carbonyl (C=O) groups excluding carboxylic acids is 1. The summed E-state index contributed by atoms with van der Waals surface area (Å²) in [7, 11) is -1.31. The molecule has 0 aliphatic carbocycles. The molecule has 23 heavy (non-hydrogen) atoms. The van der Waals surface area contributed by atoms with Crippen LogP contribution in [-0.4, -0.2) is 31.6 Å². The number of hydrogen-bond donors (Lipinski definition) is 1. The fourth-order valence-electron chi connectivity index (χ4n) is 2.69. The minimum atomic E-state index is -1.31. The second-order valence-electron chi connectivity index (χ2n) is 6.30. The summed E-state index contributed by atoms with van der Waals surface area (Å²) >= 11 is 3.41. The minimum Gasteiger partial charge on any atom is -0.297 e. The lowest BCUT2D eigenvalue weighted by Crippen LogP contribution is -2.50. The Morgan fingerprint density at radius 1 is 1.26 bits per heavy atom. The van der Waals surface area contributed by atoms with E-state index in [2.05, 4.69) is 18.6 Å². The van der Waals surface area contributed by atoms with Crippen LogP contribution in [0, 0.1) is 12.8 Å². The second kappa shape index (κ2) is 8.19. The van der Waals surface area contributed by atoms with E-state index in [4.69, 9.17) is 0 Å². The first-order chi connectivity index (χ1) is 10.8. The summed E-state index contributed by atoms with van der Waals surface area (Å²) in [6.45, 7) is 7.95. The van der Waals surface area contributed by atoms with Gasteiger partial charge in [-0.15, -0.1) is 23.5 Å². The zero-order valence-corrected chi connectivity index (χ0v) is 16.6. The number of ketones is 1. The maximum Gasteiger partial charge on any atom is 0.157 e. The van der Waals surface area contributed by atoms with E-state index in [9.17, 15) is 9.00 Å². The SMILES string of the molecule is CC(=O)C1(C(CC(C)C)NS(=O)c2ccc(C)cc2)SCCS1. The molecule has 6 heteroatoms. The van der Waals surface area contributed by atoms with Gasteiger partial charge in [0.2, 0.25) is 0 Å². The Morgan fingerprint density at radius 3 is 2.30 bits per heavy atom. The molecule has 1 aromatic rings. The molecule has 0 spiro atoms. The molecule has 128 valence electrons. The van der Waals surface area contributed by atoms with Crippen molar-refractivity contribution in [2.75, 3.05) is 11.5 Å². The van der Waals surface area contributed by atoms with E-state index in [1.165, 1.54) is 0 Å². The van der Waals surface area contributed by atoms with Crippen LogP contribution in [0.5, 0.6) is 0 Å². The molecule has 1 heterocycles. The predicted octanol–water partition coefficient (Wildman–Crippen LogP) is 3.79. The fraction of sp³-hybridized carbons (Fsp3) is 0.588. The van der Waals surface area contributed by atoms with Crippen LogP contribution < -0.4 is 4.72 Å². The van der Waals surface area contributed by atoms with Crippen molar-refractivity contribution in [3.05, 3.63) is 29.8 Å². The molecule has 1 aliphatic rings. The smallest absolute Gasteiger partial charge is 0.157 e.